The molecule has 0 radical (unpaired) electrons. The summed E-state index contributed by atoms with van der Waals surface area (Å²) in [7, 11) is 1.96. The van der Waals surface area contributed by atoms with Gasteiger partial charge in [-0.25, -0.2) is 0 Å². The zero-order valence-corrected chi connectivity index (χ0v) is 12.9. The number of anilines is 1. The summed E-state index contributed by atoms with van der Waals surface area (Å²) in [5, 5.41) is 3.15. The van der Waals surface area contributed by atoms with E-state index in [2.05, 4.69) is 52.5 Å². The normalized spacial score (nSPS) is 14.1. The fourth-order valence-electron chi connectivity index (χ4n) is 3.02. The number of benzene rings is 1. The van der Waals surface area contributed by atoms with Crippen LogP contribution in [0.15, 0.2) is 36.5 Å². The summed E-state index contributed by atoms with van der Waals surface area (Å²) < 4.78 is 0. The maximum absolute atomic E-state index is 4.60. The Bertz CT molecular complexity index is 604. The van der Waals surface area contributed by atoms with Crippen LogP contribution in [0, 0.1) is 6.92 Å². The number of fused-ring (bicyclic) bond motifs is 1. The molecule has 0 saturated heterocycles. The molecule has 2 heterocycles. The Kier molecular flexibility index (Phi) is 4.20. The number of pyridine rings is 1. The van der Waals surface area contributed by atoms with Crippen molar-refractivity contribution >= 4 is 5.69 Å². The lowest BCUT2D eigenvalue weighted by molar-refractivity contribution is 0.682. The molecule has 110 valence electrons. The first kappa shape index (κ1) is 14.1. The van der Waals surface area contributed by atoms with Gasteiger partial charge in [0, 0.05) is 25.0 Å². The van der Waals surface area contributed by atoms with Gasteiger partial charge in [0.1, 0.15) is 0 Å². The highest BCUT2D eigenvalue weighted by Crippen LogP contribution is 2.28. The van der Waals surface area contributed by atoms with Crippen molar-refractivity contribution in [2.45, 2.75) is 32.9 Å². The standard InChI is InChI=1S/C18H23N3/c1-14-5-8-18-16(10-14)4-3-9-21(18)13-17-7-6-15(11-19-2)12-20-17/h5-8,10,12,19H,3-4,9,11,13H2,1-2H3. The van der Waals surface area contributed by atoms with Crippen LogP contribution < -0.4 is 10.2 Å². The molecule has 1 aliphatic rings. The molecule has 1 N–H and O–H groups in total. The quantitative estimate of drug-likeness (QED) is 0.933. The van der Waals surface area contributed by atoms with Crippen molar-refractivity contribution in [3.8, 4) is 0 Å². The van der Waals surface area contributed by atoms with Gasteiger partial charge in [-0.3, -0.25) is 4.98 Å². The van der Waals surface area contributed by atoms with Gasteiger partial charge in [0.25, 0.3) is 0 Å². The Labute approximate surface area is 127 Å². The molecule has 3 heteroatoms. The number of rotatable bonds is 4. The van der Waals surface area contributed by atoms with Gasteiger partial charge >= 0.3 is 0 Å². The molecule has 0 aliphatic carbocycles. The fourth-order valence-corrected chi connectivity index (χ4v) is 3.02. The van der Waals surface area contributed by atoms with Crippen molar-refractivity contribution in [2.75, 3.05) is 18.5 Å². The van der Waals surface area contributed by atoms with Crippen LogP contribution >= 0.6 is 0 Å². The molecule has 0 unspecified atom stereocenters. The van der Waals surface area contributed by atoms with E-state index in [0.717, 1.165) is 25.3 Å². The van der Waals surface area contributed by atoms with Crippen LogP contribution in [0.2, 0.25) is 0 Å². The lowest BCUT2D eigenvalue weighted by atomic mass is 9.99. The Morgan fingerprint density at radius 2 is 2.14 bits per heavy atom. The largest absolute Gasteiger partial charge is 0.365 e. The molecular weight excluding hydrogens is 258 g/mol. The van der Waals surface area contributed by atoms with E-state index in [4.69, 9.17) is 0 Å². The topological polar surface area (TPSA) is 28.2 Å². The van der Waals surface area contributed by atoms with Crippen LogP contribution in [0.4, 0.5) is 5.69 Å². The molecule has 0 atom stereocenters. The average molecular weight is 281 g/mol. The first-order valence-electron chi connectivity index (χ1n) is 7.69. The Balaban J connectivity index is 1.77. The van der Waals surface area contributed by atoms with Crippen molar-refractivity contribution in [3.63, 3.8) is 0 Å². The molecule has 0 amide bonds. The van der Waals surface area contributed by atoms with Crippen molar-refractivity contribution in [3.05, 3.63) is 58.9 Å². The van der Waals surface area contributed by atoms with Gasteiger partial charge in [0.05, 0.1) is 12.2 Å². The third-order valence-electron chi connectivity index (χ3n) is 4.07. The Morgan fingerprint density at radius 3 is 2.90 bits per heavy atom. The minimum absolute atomic E-state index is 0.874. The van der Waals surface area contributed by atoms with Crippen LogP contribution in [-0.4, -0.2) is 18.6 Å². The Hall–Kier alpha value is -1.87. The van der Waals surface area contributed by atoms with Gasteiger partial charge in [0.2, 0.25) is 0 Å². The van der Waals surface area contributed by atoms with Crippen molar-refractivity contribution in [1.29, 1.82) is 0 Å². The van der Waals surface area contributed by atoms with Crippen LogP contribution in [0.3, 0.4) is 0 Å². The van der Waals surface area contributed by atoms with Gasteiger partial charge in [-0.05, 0) is 50.1 Å². The number of nitrogens with one attached hydrogen (secondary N) is 1. The van der Waals surface area contributed by atoms with E-state index in [1.165, 1.54) is 35.2 Å². The lowest BCUT2D eigenvalue weighted by Crippen LogP contribution is -2.29. The summed E-state index contributed by atoms with van der Waals surface area (Å²) in [6.45, 7) is 5.06. The summed E-state index contributed by atoms with van der Waals surface area (Å²) in [5.41, 5.74) is 6.59. The van der Waals surface area contributed by atoms with Crippen LogP contribution in [0.25, 0.3) is 0 Å². The number of nitrogens with zero attached hydrogens (tertiary/aromatic N) is 2. The van der Waals surface area contributed by atoms with Crippen LogP contribution in [0.5, 0.6) is 0 Å². The smallest absolute Gasteiger partial charge is 0.0602 e. The highest BCUT2D eigenvalue weighted by molar-refractivity contribution is 5.56. The second-order valence-electron chi connectivity index (χ2n) is 5.85. The van der Waals surface area contributed by atoms with Crippen LogP contribution in [0.1, 0.15) is 28.8 Å². The molecule has 2 aromatic rings. The summed E-state index contributed by atoms with van der Waals surface area (Å²) in [4.78, 5) is 7.06. The molecule has 21 heavy (non-hydrogen) atoms. The molecule has 3 nitrogen and oxygen atoms in total. The second kappa shape index (κ2) is 6.27. The first-order valence-corrected chi connectivity index (χ1v) is 7.69. The molecule has 1 aliphatic heterocycles. The highest BCUT2D eigenvalue weighted by atomic mass is 15.1. The Morgan fingerprint density at radius 1 is 1.24 bits per heavy atom. The fraction of sp³-hybridized carbons (Fsp3) is 0.389. The van der Waals surface area contributed by atoms with E-state index in [1.807, 2.05) is 13.2 Å². The van der Waals surface area contributed by atoms with Crippen molar-refractivity contribution in [2.24, 2.45) is 0 Å². The van der Waals surface area contributed by atoms with E-state index >= 15 is 0 Å². The zero-order chi connectivity index (χ0) is 14.7. The molecule has 3 rings (SSSR count). The third kappa shape index (κ3) is 3.24. The molecule has 0 fully saturated rings. The van der Waals surface area contributed by atoms with Gasteiger partial charge in [-0.1, -0.05) is 23.8 Å². The van der Waals surface area contributed by atoms with E-state index in [1.54, 1.807) is 0 Å². The minimum Gasteiger partial charge on any atom is -0.365 e. The van der Waals surface area contributed by atoms with Crippen molar-refractivity contribution in [1.82, 2.24) is 10.3 Å². The molecule has 0 spiro atoms. The first-order chi connectivity index (χ1) is 10.3. The molecular formula is C18H23N3. The highest BCUT2D eigenvalue weighted by Gasteiger charge is 2.17. The predicted molar refractivity (Wildman–Crippen MR) is 87.6 cm³/mol. The van der Waals surface area contributed by atoms with E-state index in [0.29, 0.717) is 0 Å². The number of aromatic nitrogens is 1. The van der Waals surface area contributed by atoms with E-state index < -0.39 is 0 Å². The summed E-state index contributed by atoms with van der Waals surface area (Å²) in [6, 6.07) is 11.1. The van der Waals surface area contributed by atoms with Gasteiger partial charge < -0.3 is 10.2 Å². The summed E-state index contributed by atoms with van der Waals surface area (Å²) >= 11 is 0. The number of aryl methyl sites for hydroxylation is 2. The third-order valence-corrected chi connectivity index (χ3v) is 4.07. The SMILES string of the molecule is CNCc1ccc(CN2CCCc3cc(C)ccc32)nc1. The summed E-state index contributed by atoms with van der Waals surface area (Å²) in [6.07, 6.45) is 4.40. The maximum atomic E-state index is 4.60. The molecule has 0 saturated carbocycles. The van der Waals surface area contributed by atoms with Gasteiger partial charge in [-0.2, -0.15) is 0 Å². The van der Waals surface area contributed by atoms with E-state index in [9.17, 15) is 0 Å². The maximum Gasteiger partial charge on any atom is 0.0602 e. The lowest BCUT2D eigenvalue weighted by Gasteiger charge is -2.31. The van der Waals surface area contributed by atoms with Crippen molar-refractivity contribution < 1.29 is 0 Å². The second-order valence-corrected chi connectivity index (χ2v) is 5.85. The van der Waals surface area contributed by atoms with Gasteiger partial charge in [-0.15, -0.1) is 0 Å². The zero-order valence-electron chi connectivity index (χ0n) is 12.9. The van der Waals surface area contributed by atoms with E-state index in [-0.39, 0.29) is 0 Å². The minimum atomic E-state index is 0.874. The molecule has 1 aromatic carbocycles. The number of hydrogen-bond donors (Lipinski definition) is 1. The molecule has 0 bridgehead atoms. The predicted octanol–water partition coefficient (Wildman–Crippen LogP) is 3.06. The monoisotopic (exact) mass is 281 g/mol. The van der Waals surface area contributed by atoms with Gasteiger partial charge in [0.15, 0.2) is 0 Å². The average Bonchev–Trinajstić information content (AvgIpc) is 2.49. The summed E-state index contributed by atoms with van der Waals surface area (Å²) in [5.74, 6) is 0. The molecule has 1 aromatic heterocycles. The number of hydrogen-bond acceptors (Lipinski definition) is 3. The van der Waals surface area contributed by atoms with Crippen LogP contribution in [-0.2, 0) is 19.5 Å².